The molecule has 12 heteroatoms. The van der Waals surface area contributed by atoms with Gasteiger partial charge in [-0.1, -0.05) is 35.3 Å². The SMILES string of the molecule is [C-]#[N+]c1ccc(N2C(=O)O[C@H](C)[C@@H]2[C@@H](C)O)c(C)c1Cl.[C-]#[N+]c1ccc(N2C(=O)O[C@H](C)[C@@H]2[C@H](C)O)c(C)c1Cl. The van der Waals surface area contributed by atoms with Gasteiger partial charge < -0.3 is 19.7 Å². The molecule has 0 bridgehead atoms. The van der Waals surface area contributed by atoms with Crippen molar-refractivity contribution < 1.29 is 29.3 Å². The van der Waals surface area contributed by atoms with Crippen LogP contribution in [-0.4, -0.2) is 58.9 Å². The number of ether oxygens (including phenoxy) is 2. The predicted octanol–water partition coefficient (Wildman–Crippen LogP) is 6.59. The number of carbonyl (C=O) groups is 2. The number of amides is 2. The lowest BCUT2D eigenvalue weighted by molar-refractivity contribution is 0.0984. The molecular weight excluding hydrogens is 559 g/mol. The van der Waals surface area contributed by atoms with E-state index in [0.29, 0.717) is 43.9 Å². The molecule has 0 radical (unpaired) electrons. The highest BCUT2D eigenvalue weighted by molar-refractivity contribution is 6.35. The van der Waals surface area contributed by atoms with Gasteiger partial charge in [0.05, 0.1) is 35.4 Å². The van der Waals surface area contributed by atoms with E-state index < -0.39 is 48.7 Å². The Morgan fingerprint density at radius 1 is 0.775 bits per heavy atom. The van der Waals surface area contributed by atoms with E-state index in [1.807, 2.05) is 0 Å². The zero-order valence-electron chi connectivity index (χ0n) is 22.8. The first-order chi connectivity index (χ1) is 18.8. The van der Waals surface area contributed by atoms with E-state index >= 15 is 0 Å². The van der Waals surface area contributed by atoms with Gasteiger partial charge in [0.1, 0.15) is 24.3 Å². The second kappa shape index (κ2) is 12.3. The number of nitrogens with zero attached hydrogens (tertiary/aromatic N) is 4. The summed E-state index contributed by atoms with van der Waals surface area (Å²) in [7, 11) is 0. The molecule has 0 saturated carbocycles. The van der Waals surface area contributed by atoms with Gasteiger partial charge in [-0.05, 0) is 64.8 Å². The van der Waals surface area contributed by atoms with Crippen LogP contribution in [0, 0.1) is 27.0 Å². The van der Waals surface area contributed by atoms with Crippen LogP contribution in [0.5, 0.6) is 0 Å². The molecule has 0 aliphatic carbocycles. The Bertz CT molecular complexity index is 1300. The number of anilines is 2. The molecular formula is C28H30Cl2N4O6. The summed E-state index contributed by atoms with van der Waals surface area (Å²) < 4.78 is 10.4. The third-order valence-electron chi connectivity index (χ3n) is 6.95. The van der Waals surface area contributed by atoms with Crippen molar-refractivity contribution in [3.05, 3.63) is 68.3 Å². The number of aliphatic hydroxyl groups excluding tert-OH is 2. The van der Waals surface area contributed by atoms with Crippen LogP contribution in [0.3, 0.4) is 0 Å². The Morgan fingerprint density at radius 2 is 1.10 bits per heavy atom. The molecule has 0 spiro atoms. The average molecular weight is 589 g/mol. The zero-order chi connectivity index (χ0) is 30.0. The maximum atomic E-state index is 12.0. The number of carbonyl (C=O) groups excluding carboxylic acids is 2. The molecule has 2 aliphatic rings. The highest BCUT2D eigenvalue weighted by atomic mass is 35.5. The van der Waals surface area contributed by atoms with Gasteiger partial charge in [0, 0.05) is 11.4 Å². The minimum Gasteiger partial charge on any atom is -0.444 e. The number of benzene rings is 2. The summed E-state index contributed by atoms with van der Waals surface area (Å²) in [6.45, 7) is 24.2. The maximum Gasteiger partial charge on any atom is 0.415 e. The third kappa shape index (κ3) is 5.67. The topological polar surface area (TPSA) is 108 Å². The number of aliphatic hydroxyl groups is 2. The van der Waals surface area contributed by atoms with Crippen LogP contribution >= 0.6 is 23.2 Å². The summed E-state index contributed by atoms with van der Waals surface area (Å²) in [6.07, 6.45) is -3.34. The van der Waals surface area contributed by atoms with Gasteiger partial charge in [-0.3, -0.25) is 9.80 Å². The van der Waals surface area contributed by atoms with E-state index in [4.69, 9.17) is 45.8 Å². The van der Waals surface area contributed by atoms with E-state index in [0.717, 1.165) is 0 Å². The van der Waals surface area contributed by atoms with E-state index in [9.17, 15) is 19.8 Å². The van der Waals surface area contributed by atoms with Crippen molar-refractivity contribution >= 4 is 58.1 Å². The van der Waals surface area contributed by atoms with Gasteiger partial charge in [-0.15, -0.1) is 0 Å². The Kier molecular flexibility index (Phi) is 9.55. The smallest absolute Gasteiger partial charge is 0.415 e. The minimum atomic E-state index is -0.741. The lowest BCUT2D eigenvalue weighted by atomic mass is 10.0. The van der Waals surface area contributed by atoms with Crippen molar-refractivity contribution in [1.29, 1.82) is 0 Å². The second-order valence-corrected chi connectivity index (χ2v) is 10.4. The Hall–Kier alpha value is -3.54. The number of rotatable bonds is 4. The molecule has 2 amide bonds. The first-order valence-corrected chi connectivity index (χ1v) is 13.2. The minimum absolute atomic E-state index is 0.314. The first-order valence-electron chi connectivity index (χ1n) is 12.5. The molecule has 2 fully saturated rings. The van der Waals surface area contributed by atoms with Crippen LogP contribution in [0.15, 0.2) is 24.3 Å². The van der Waals surface area contributed by atoms with Crippen molar-refractivity contribution in [1.82, 2.24) is 0 Å². The standard InChI is InChI=1S/2C14H15ClN2O3/c2*1-7-11(6-5-10(16-4)12(7)15)17-13(8(2)18)9(3)20-14(17)19/h2*5-6,8-9,13,18H,1-3H3/t8-,9+,13-;8-,9-,13+/m01/s1. The largest absolute Gasteiger partial charge is 0.444 e. The van der Waals surface area contributed by atoms with Gasteiger partial charge >= 0.3 is 12.2 Å². The summed E-state index contributed by atoms with van der Waals surface area (Å²) in [6, 6.07) is 5.49. The van der Waals surface area contributed by atoms with Gasteiger partial charge in [-0.25, -0.2) is 19.3 Å². The normalized spacial score (nSPS) is 23.4. The van der Waals surface area contributed by atoms with Crippen LogP contribution in [-0.2, 0) is 9.47 Å². The summed E-state index contributed by atoms with van der Waals surface area (Å²) in [5.41, 5.74) is 3.03. The average Bonchev–Trinajstić information content (AvgIpc) is 3.36. The second-order valence-electron chi connectivity index (χ2n) is 9.69. The fraction of sp³-hybridized carbons (Fsp3) is 0.429. The van der Waals surface area contributed by atoms with Crippen LogP contribution in [0.4, 0.5) is 32.3 Å². The van der Waals surface area contributed by atoms with Gasteiger partial charge in [0.25, 0.3) is 0 Å². The highest BCUT2D eigenvalue weighted by Gasteiger charge is 2.44. The number of hydrogen-bond acceptors (Lipinski definition) is 6. The van der Waals surface area contributed by atoms with E-state index in [-0.39, 0.29) is 0 Å². The molecule has 0 unspecified atom stereocenters. The van der Waals surface area contributed by atoms with Gasteiger partial charge in [-0.2, -0.15) is 0 Å². The monoisotopic (exact) mass is 588 g/mol. The van der Waals surface area contributed by atoms with E-state index in [2.05, 4.69) is 9.69 Å². The zero-order valence-corrected chi connectivity index (χ0v) is 24.4. The molecule has 2 aromatic rings. The molecule has 2 aliphatic heterocycles. The van der Waals surface area contributed by atoms with E-state index in [1.54, 1.807) is 65.8 Å². The van der Waals surface area contributed by atoms with Gasteiger partial charge in [0.15, 0.2) is 0 Å². The summed E-state index contributed by atoms with van der Waals surface area (Å²) >= 11 is 12.3. The molecule has 2 heterocycles. The Labute approximate surface area is 243 Å². The molecule has 2 aromatic carbocycles. The molecule has 10 nitrogen and oxygen atoms in total. The van der Waals surface area contributed by atoms with Crippen LogP contribution in [0.2, 0.25) is 10.0 Å². The summed E-state index contributed by atoms with van der Waals surface area (Å²) in [5, 5.41) is 20.4. The Balaban J connectivity index is 0.000000220. The first kappa shape index (κ1) is 31.0. The number of hydrogen-bond donors (Lipinski definition) is 2. The third-order valence-corrected chi connectivity index (χ3v) is 7.90. The fourth-order valence-corrected chi connectivity index (χ4v) is 5.39. The van der Waals surface area contributed by atoms with Crippen molar-refractivity contribution in [2.75, 3.05) is 9.80 Å². The van der Waals surface area contributed by atoms with Crippen molar-refractivity contribution in [3.63, 3.8) is 0 Å². The molecule has 40 heavy (non-hydrogen) atoms. The van der Waals surface area contributed by atoms with Crippen molar-refractivity contribution in [2.24, 2.45) is 0 Å². The van der Waals surface area contributed by atoms with Crippen molar-refractivity contribution in [3.8, 4) is 0 Å². The maximum absolute atomic E-state index is 12.0. The molecule has 2 N–H and O–H groups in total. The molecule has 6 atom stereocenters. The van der Waals surface area contributed by atoms with Crippen LogP contribution < -0.4 is 9.80 Å². The molecule has 0 aromatic heterocycles. The molecule has 212 valence electrons. The van der Waals surface area contributed by atoms with Crippen LogP contribution in [0.25, 0.3) is 9.69 Å². The lowest BCUT2D eigenvalue weighted by Gasteiger charge is -2.27. The predicted molar refractivity (Wildman–Crippen MR) is 153 cm³/mol. The number of cyclic esters (lactones) is 2. The molecule has 4 rings (SSSR count). The Morgan fingerprint density at radius 3 is 1.38 bits per heavy atom. The van der Waals surface area contributed by atoms with E-state index in [1.165, 1.54) is 9.80 Å². The van der Waals surface area contributed by atoms with Gasteiger partial charge in [0.2, 0.25) is 11.4 Å². The quantitative estimate of drug-likeness (QED) is 0.390. The summed E-state index contributed by atoms with van der Waals surface area (Å²) in [5.74, 6) is 0. The van der Waals surface area contributed by atoms with Crippen molar-refractivity contribution in [2.45, 2.75) is 78.0 Å². The number of halogens is 2. The van der Waals surface area contributed by atoms with Crippen LogP contribution in [0.1, 0.15) is 38.8 Å². The fourth-order valence-electron chi connectivity index (χ4n) is 4.98. The highest BCUT2D eigenvalue weighted by Crippen LogP contribution is 2.40. The molecule has 2 saturated heterocycles. The lowest BCUT2D eigenvalue weighted by Crippen LogP contribution is -2.44. The summed E-state index contributed by atoms with van der Waals surface area (Å²) in [4.78, 5) is 33.5.